The molecule has 1 aromatic carbocycles. The molecule has 1 saturated heterocycles. The number of hydrogen-bond donors (Lipinski definition) is 3. The molecule has 0 saturated carbocycles. The van der Waals surface area contributed by atoms with Gasteiger partial charge in [-0.1, -0.05) is 18.2 Å². The second-order valence-corrected chi connectivity index (χ2v) is 7.42. The van der Waals surface area contributed by atoms with Crippen LogP contribution in [0.2, 0.25) is 0 Å². The van der Waals surface area contributed by atoms with Gasteiger partial charge in [0.2, 0.25) is 5.70 Å². The number of allylic oxidation sites excluding steroid dienone is 1. The average molecular weight is 400 g/mol. The van der Waals surface area contributed by atoms with Crippen LogP contribution >= 0.6 is 0 Å². The molecule has 1 fully saturated rings. The first-order valence-electron chi connectivity index (χ1n) is 9.94. The summed E-state index contributed by atoms with van der Waals surface area (Å²) in [6.45, 7) is 0.951. The van der Waals surface area contributed by atoms with E-state index in [4.69, 9.17) is 10.8 Å². The number of nitrogens with one attached hydrogen (secondary N) is 2. The lowest BCUT2D eigenvalue weighted by molar-refractivity contribution is -0.750. The summed E-state index contributed by atoms with van der Waals surface area (Å²) in [4.78, 5) is 26.5. The van der Waals surface area contributed by atoms with Crippen LogP contribution in [0.1, 0.15) is 28.8 Å². The highest BCUT2D eigenvalue weighted by Gasteiger charge is 2.47. The van der Waals surface area contributed by atoms with E-state index in [0.29, 0.717) is 22.8 Å². The largest absolute Gasteiger partial charge is 0.308 e. The van der Waals surface area contributed by atoms with Crippen LogP contribution in [0.5, 0.6) is 0 Å². The van der Waals surface area contributed by atoms with Crippen molar-refractivity contribution in [2.75, 3.05) is 11.9 Å². The van der Waals surface area contributed by atoms with E-state index >= 15 is 0 Å². The number of aliphatic imine (C=N–C) groups is 2. The molecule has 0 spiro atoms. The summed E-state index contributed by atoms with van der Waals surface area (Å²) in [5, 5.41) is 6.34. The summed E-state index contributed by atoms with van der Waals surface area (Å²) < 4.78 is -0.106. The fourth-order valence-electron chi connectivity index (χ4n) is 4.06. The number of nitrogens with two attached hydrogens (primary N) is 1. The number of aromatic nitrogens is 1. The molecule has 4 N–H and O–H groups in total. The lowest BCUT2D eigenvalue weighted by Gasteiger charge is -2.27. The standard InChI is InChI=1S/C22H21N7O/c23-29-13-12-24-14-18(29)20(17-8-5-11-25-17)28-21(29)15-6-1-2-7-16(15)22(30)27-19-9-3-4-10-26-19/h1-4,6-7,9-10,12-14,17,25H,5,8,11,23H2/p+1. The molecule has 2 atom stereocenters. The molecule has 4 heterocycles. The summed E-state index contributed by atoms with van der Waals surface area (Å²) in [7, 11) is 0. The number of benzene rings is 1. The Hall–Kier alpha value is -3.46. The predicted octanol–water partition coefficient (Wildman–Crippen LogP) is 2.30. The third kappa shape index (κ3) is 3.07. The molecule has 0 aliphatic carbocycles. The highest BCUT2D eigenvalue weighted by Crippen LogP contribution is 2.35. The molecule has 0 radical (unpaired) electrons. The molecule has 3 aliphatic rings. The molecule has 150 valence electrons. The van der Waals surface area contributed by atoms with Gasteiger partial charge in [-0.25, -0.2) is 4.98 Å². The Bertz CT molecular complexity index is 1110. The fraction of sp³-hybridized carbons (Fsp3) is 0.182. The van der Waals surface area contributed by atoms with Crippen molar-refractivity contribution in [3.05, 3.63) is 83.6 Å². The second-order valence-electron chi connectivity index (χ2n) is 7.42. The maximum absolute atomic E-state index is 13.1. The molecule has 8 heteroatoms. The number of rotatable bonds is 4. The number of hydrogen-bond acceptors (Lipinski definition) is 6. The van der Waals surface area contributed by atoms with Gasteiger partial charge in [0, 0.05) is 6.20 Å². The quantitative estimate of drug-likeness (QED) is 0.541. The van der Waals surface area contributed by atoms with Crippen LogP contribution in [0, 0.1) is 0 Å². The molecule has 1 amide bonds. The molecule has 2 unspecified atom stereocenters. The van der Waals surface area contributed by atoms with Gasteiger partial charge >= 0.3 is 0 Å². The molecular weight excluding hydrogens is 378 g/mol. The van der Waals surface area contributed by atoms with E-state index in [1.54, 1.807) is 43.0 Å². The van der Waals surface area contributed by atoms with Gasteiger partial charge in [0.15, 0.2) is 0 Å². The van der Waals surface area contributed by atoms with Crippen molar-refractivity contribution in [1.82, 2.24) is 10.3 Å². The van der Waals surface area contributed by atoms with Crippen LogP contribution in [0.4, 0.5) is 5.82 Å². The van der Waals surface area contributed by atoms with Gasteiger partial charge < -0.3 is 10.6 Å². The van der Waals surface area contributed by atoms with Crippen molar-refractivity contribution in [3.8, 4) is 0 Å². The zero-order valence-electron chi connectivity index (χ0n) is 16.3. The van der Waals surface area contributed by atoms with Crippen molar-refractivity contribution in [2.24, 2.45) is 15.8 Å². The third-order valence-electron chi connectivity index (χ3n) is 5.53. The molecule has 0 bridgehead atoms. The highest BCUT2D eigenvalue weighted by molar-refractivity contribution is 6.13. The van der Waals surface area contributed by atoms with Crippen LogP contribution in [0.3, 0.4) is 0 Å². The SMILES string of the molecule is N[N+]12C=CN=CC1=C(C1CCCN1)N=C2c1ccccc1C(=O)Nc1ccccn1. The van der Waals surface area contributed by atoms with Gasteiger partial charge in [-0.15, -0.1) is 4.59 Å². The van der Waals surface area contributed by atoms with Crippen molar-refractivity contribution in [3.63, 3.8) is 0 Å². The monoisotopic (exact) mass is 400 g/mol. The molecule has 2 aromatic rings. The Morgan fingerprint density at radius 2 is 2.07 bits per heavy atom. The van der Waals surface area contributed by atoms with Gasteiger partial charge in [0.25, 0.3) is 11.7 Å². The summed E-state index contributed by atoms with van der Waals surface area (Å²) >= 11 is 0. The highest BCUT2D eigenvalue weighted by atomic mass is 16.1. The van der Waals surface area contributed by atoms with E-state index in [2.05, 4.69) is 20.6 Å². The summed E-state index contributed by atoms with van der Waals surface area (Å²) in [5.74, 6) is 7.65. The summed E-state index contributed by atoms with van der Waals surface area (Å²) in [6.07, 6.45) is 8.95. The summed E-state index contributed by atoms with van der Waals surface area (Å²) in [5.41, 5.74) is 2.88. The van der Waals surface area contributed by atoms with Crippen molar-refractivity contribution in [1.29, 1.82) is 0 Å². The smallest absolute Gasteiger partial charge is 0.265 e. The van der Waals surface area contributed by atoms with Crippen molar-refractivity contribution >= 4 is 23.8 Å². The van der Waals surface area contributed by atoms with Crippen LogP contribution < -0.4 is 16.5 Å². The van der Waals surface area contributed by atoms with Crippen LogP contribution in [0.15, 0.2) is 82.4 Å². The van der Waals surface area contributed by atoms with Gasteiger partial charge in [-0.05, 0) is 43.7 Å². The Morgan fingerprint density at radius 3 is 2.87 bits per heavy atom. The van der Waals surface area contributed by atoms with E-state index < -0.39 is 0 Å². The van der Waals surface area contributed by atoms with Crippen LogP contribution in [0.25, 0.3) is 0 Å². The molecular formula is C22H22N7O+. The normalized spacial score (nSPS) is 24.7. The minimum atomic E-state index is -0.262. The predicted molar refractivity (Wildman–Crippen MR) is 115 cm³/mol. The number of carbonyl (C=O) groups excluding carboxylic acids is 1. The number of nitrogens with zero attached hydrogens (tertiary/aromatic N) is 4. The van der Waals surface area contributed by atoms with Crippen LogP contribution in [-0.2, 0) is 0 Å². The minimum absolute atomic E-state index is 0.106. The zero-order valence-corrected chi connectivity index (χ0v) is 16.3. The minimum Gasteiger partial charge on any atom is -0.308 e. The topological polar surface area (TPSA) is 105 Å². The summed E-state index contributed by atoms with van der Waals surface area (Å²) in [6, 6.07) is 12.9. The van der Waals surface area contributed by atoms with E-state index in [1.165, 1.54) is 0 Å². The Kier molecular flexibility index (Phi) is 4.59. The Balaban J connectivity index is 1.56. The maximum Gasteiger partial charge on any atom is 0.265 e. The number of pyridine rings is 1. The second kappa shape index (κ2) is 7.42. The van der Waals surface area contributed by atoms with Gasteiger partial charge in [0.05, 0.1) is 29.6 Å². The molecule has 3 aliphatic heterocycles. The van der Waals surface area contributed by atoms with E-state index in [0.717, 1.165) is 30.8 Å². The molecule has 8 nitrogen and oxygen atoms in total. The zero-order chi connectivity index (χ0) is 20.6. The van der Waals surface area contributed by atoms with Crippen molar-refractivity contribution < 1.29 is 9.39 Å². The first-order chi connectivity index (χ1) is 14.7. The first kappa shape index (κ1) is 18.6. The fourth-order valence-corrected chi connectivity index (χ4v) is 4.06. The number of carbonyl (C=O) groups is 1. The van der Waals surface area contributed by atoms with E-state index in [1.807, 2.05) is 24.3 Å². The van der Waals surface area contributed by atoms with Crippen molar-refractivity contribution in [2.45, 2.75) is 18.9 Å². The molecule has 5 rings (SSSR count). The lowest BCUT2D eigenvalue weighted by Crippen LogP contribution is -2.53. The maximum atomic E-state index is 13.1. The Morgan fingerprint density at radius 1 is 1.20 bits per heavy atom. The van der Waals surface area contributed by atoms with Gasteiger partial charge in [0.1, 0.15) is 17.7 Å². The number of amides is 1. The number of fused-ring (bicyclic) bond motifs is 1. The van der Waals surface area contributed by atoms with Crippen LogP contribution in [-0.4, -0.2) is 40.1 Å². The van der Waals surface area contributed by atoms with Gasteiger partial charge in [-0.3, -0.25) is 9.79 Å². The van der Waals surface area contributed by atoms with E-state index in [9.17, 15) is 4.79 Å². The third-order valence-corrected chi connectivity index (χ3v) is 5.53. The Labute approximate surface area is 174 Å². The number of anilines is 1. The average Bonchev–Trinajstić information content (AvgIpc) is 3.40. The van der Waals surface area contributed by atoms with Gasteiger partial charge in [-0.2, -0.15) is 10.8 Å². The first-order valence-corrected chi connectivity index (χ1v) is 9.94. The lowest BCUT2D eigenvalue weighted by atomic mass is 10.0. The molecule has 30 heavy (non-hydrogen) atoms. The van der Waals surface area contributed by atoms with E-state index in [-0.39, 0.29) is 16.5 Å². The molecule has 1 aromatic heterocycles. The number of quaternary nitrogens is 1. The number of amidine groups is 1.